The summed E-state index contributed by atoms with van der Waals surface area (Å²) in [5.74, 6) is 0.165. The van der Waals surface area contributed by atoms with Gasteiger partial charge in [-0.3, -0.25) is 9.82 Å². The molecule has 20 heavy (non-hydrogen) atoms. The smallest absolute Gasteiger partial charge is 0.263 e. The highest BCUT2D eigenvalue weighted by Crippen LogP contribution is 2.25. The average molecular weight is 288 g/mol. The number of hydrogen-bond acceptors (Lipinski definition) is 4. The lowest BCUT2D eigenvalue weighted by molar-refractivity contribution is 0.602. The molecule has 0 aliphatic heterocycles. The van der Waals surface area contributed by atoms with E-state index in [4.69, 9.17) is 5.73 Å². The Kier molecular flexibility index (Phi) is 2.83. The summed E-state index contributed by atoms with van der Waals surface area (Å²) in [7, 11) is -3.73. The van der Waals surface area contributed by atoms with E-state index in [1.165, 1.54) is 6.20 Å². The highest BCUT2D eigenvalue weighted by molar-refractivity contribution is 7.93. The number of benzene rings is 2. The number of hydrogen-bond donors (Lipinski definition) is 3. The second-order valence-corrected chi connectivity index (χ2v) is 5.93. The number of aromatic amines is 1. The monoisotopic (exact) mass is 288 g/mol. The Bertz CT molecular complexity index is 865. The van der Waals surface area contributed by atoms with Crippen molar-refractivity contribution in [2.24, 2.45) is 0 Å². The van der Waals surface area contributed by atoms with Crippen molar-refractivity contribution in [2.75, 3.05) is 10.5 Å². The lowest BCUT2D eigenvalue weighted by Gasteiger charge is -2.09. The summed E-state index contributed by atoms with van der Waals surface area (Å²) >= 11 is 0. The first-order valence-electron chi connectivity index (χ1n) is 5.87. The normalized spacial score (nSPS) is 11.6. The van der Waals surface area contributed by atoms with Crippen LogP contribution in [0.2, 0.25) is 0 Å². The first-order chi connectivity index (χ1) is 9.58. The van der Waals surface area contributed by atoms with E-state index in [1.807, 2.05) is 18.2 Å². The van der Waals surface area contributed by atoms with Crippen LogP contribution >= 0.6 is 0 Å². The highest BCUT2D eigenvalue weighted by atomic mass is 32.2. The van der Waals surface area contributed by atoms with Gasteiger partial charge in [0.2, 0.25) is 0 Å². The molecule has 1 heterocycles. The van der Waals surface area contributed by atoms with Crippen LogP contribution in [0.3, 0.4) is 0 Å². The van der Waals surface area contributed by atoms with Gasteiger partial charge in [-0.05, 0) is 11.5 Å². The summed E-state index contributed by atoms with van der Waals surface area (Å²) < 4.78 is 27.3. The van der Waals surface area contributed by atoms with Gasteiger partial charge in [0.05, 0.1) is 16.8 Å². The molecule has 3 aromatic rings. The minimum atomic E-state index is -3.73. The van der Waals surface area contributed by atoms with Crippen LogP contribution in [0, 0.1) is 0 Å². The number of anilines is 2. The maximum atomic E-state index is 12.5. The SMILES string of the molecule is Nc1cn[nH]c1NS(=O)(=O)c1cccc2ccccc12. The highest BCUT2D eigenvalue weighted by Gasteiger charge is 2.18. The molecule has 1 aromatic heterocycles. The van der Waals surface area contributed by atoms with Crippen molar-refractivity contribution >= 4 is 32.3 Å². The summed E-state index contributed by atoms with van der Waals surface area (Å²) in [6.07, 6.45) is 1.35. The first-order valence-corrected chi connectivity index (χ1v) is 7.36. The van der Waals surface area contributed by atoms with Gasteiger partial charge in [-0.2, -0.15) is 5.10 Å². The summed E-state index contributed by atoms with van der Waals surface area (Å²) in [4.78, 5) is 0.199. The van der Waals surface area contributed by atoms with E-state index in [0.717, 1.165) is 5.39 Å². The van der Waals surface area contributed by atoms with Crippen molar-refractivity contribution < 1.29 is 8.42 Å². The van der Waals surface area contributed by atoms with E-state index in [-0.39, 0.29) is 16.4 Å². The zero-order chi connectivity index (χ0) is 14.2. The molecule has 7 heteroatoms. The van der Waals surface area contributed by atoms with Crippen LogP contribution in [0.15, 0.2) is 53.6 Å². The summed E-state index contributed by atoms with van der Waals surface area (Å²) in [6, 6.07) is 12.4. The van der Waals surface area contributed by atoms with Crippen molar-refractivity contribution in [3.05, 3.63) is 48.7 Å². The van der Waals surface area contributed by atoms with Crippen LogP contribution in [0.1, 0.15) is 0 Å². The molecule has 0 aliphatic carbocycles. The molecular weight excluding hydrogens is 276 g/mol. The van der Waals surface area contributed by atoms with Crippen LogP contribution in [-0.2, 0) is 10.0 Å². The van der Waals surface area contributed by atoms with Crippen molar-refractivity contribution in [2.45, 2.75) is 4.90 Å². The van der Waals surface area contributed by atoms with E-state index in [1.54, 1.807) is 24.3 Å². The number of sulfonamides is 1. The third-order valence-electron chi connectivity index (χ3n) is 2.94. The molecule has 0 bridgehead atoms. The van der Waals surface area contributed by atoms with Crippen molar-refractivity contribution in [3.63, 3.8) is 0 Å². The van der Waals surface area contributed by atoms with Crippen LogP contribution in [0.5, 0.6) is 0 Å². The Morgan fingerprint density at radius 3 is 2.60 bits per heavy atom. The Morgan fingerprint density at radius 2 is 1.85 bits per heavy atom. The molecule has 2 aromatic carbocycles. The zero-order valence-corrected chi connectivity index (χ0v) is 11.2. The molecule has 0 fully saturated rings. The third-order valence-corrected chi connectivity index (χ3v) is 4.35. The molecule has 0 aliphatic rings. The summed E-state index contributed by atoms with van der Waals surface area (Å²) in [6.45, 7) is 0. The fourth-order valence-corrected chi connectivity index (χ4v) is 3.27. The topological polar surface area (TPSA) is 101 Å². The van der Waals surface area contributed by atoms with Gasteiger partial charge in [-0.25, -0.2) is 8.42 Å². The largest absolute Gasteiger partial charge is 0.394 e. The molecule has 0 radical (unpaired) electrons. The molecule has 0 unspecified atom stereocenters. The molecule has 0 atom stereocenters. The average Bonchev–Trinajstić information content (AvgIpc) is 2.83. The number of fused-ring (bicyclic) bond motifs is 1. The van der Waals surface area contributed by atoms with Crippen molar-refractivity contribution in [3.8, 4) is 0 Å². The van der Waals surface area contributed by atoms with E-state index >= 15 is 0 Å². The maximum absolute atomic E-state index is 12.5. The molecule has 4 N–H and O–H groups in total. The van der Waals surface area contributed by atoms with E-state index in [0.29, 0.717) is 5.39 Å². The zero-order valence-electron chi connectivity index (χ0n) is 10.4. The number of nitrogens with zero attached hydrogens (tertiary/aromatic N) is 1. The van der Waals surface area contributed by atoms with Crippen LogP contribution < -0.4 is 10.5 Å². The number of rotatable bonds is 3. The standard InChI is InChI=1S/C13H12N4O2S/c14-11-8-15-16-13(11)17-20(18,19)12-7-3-5-9-4-1-2-6-10(9)12/h1-8H,14H2,(H2,15,16,17). The molecular formula is C13H12N4O2S. The summed E-state index contributed by atoms with van der Waals surface area (Å²) in [5.41, 5.74) is 5.86. The second-order valence-electron chi connectivity index (χ2n) is 4.28. The number of nitrogens with two attached hydrogens (primary N) is 1. The predicted molar refractivity (Wildman–Crippen MR) is 77.8 cm³/mol. The van der Waals surface area contributed by atoms with Gasteiger partial charge < -0.3 is 5.73 Å². The van der Waals surface area contributed by atoms with Gasteiger partial charge in [-0.15, -0.1) is 0 Å². The van der Waals surface area contributed by atoms with Gasteiger partial charge in [0.1, 0.15) is 0 Å². The fraction of sp³-hybridized carbons (Fsp3) is 0. The van der Waals surface area contributed by atoms with Gasteiger partial charge in [0.25, 0.3) is 10.0 Å². The van der Waals surface area contributed by atoms with Crippen LogP contribution in [-0.4, -0.2) is 18.6 Å². The Morgan fingerprint density at radius 1 is 1.10 bits per heavy atom. The quantitative estimate of drug-likeness (QED) is 0.685. The molecule has 0 saturated carbocycles. The molecule has 6 nitrogen and oxygen atoms in total. The summed E-state index contributed by atoms with van der Waals surface area (Å²) in [5, 5.41) is 7.71. The van der Waals surface area contributed by atoms with Gasteiger partial charge >= 0.3 is 0 Å². The third kappa shape index (κ3) is 2.08. The predicted octanol–water partition coefficient (Wildman–Crippen LogP) is 1.95. The fourth-order valence-electron chi connectivity index (χ4n) is 2.00. The maximum Gasteiger partial charge on any atom is 0.263 e. The van der Waals surface area contributed by atoms with E-state index in [2.05, 4.69) is 14.9 Å². The molecule has 3 rings (SSSR count). The van der Waals surface area contributed by atoms with E-state index in [9.17, 15) is 8.42 Å². The van der Waals surface area contributed by atoms with Gasteiger partial charge in [0.15, 0.2) is 5.82 Å². The Balaban J connectivity index is 2.12. The number of nitrogen functional groups attached to an aromatic ring is 1. The number of H-pyrrole nitrogens is 1. The molecule has 0 spiro atoms. The van der Waals surface area contributed by atoms with E-state index < -0.39 is 10.0 Å². The minimum absolute atomic E-state index is 0.165. The first kappa shape index (κ1) is 12.5. The lowest BCUT2D eigenvalue weighted by Crippen LogP contribution is -2.14. The number of aromatic nitrogens is 2. The lowest BCUT2D eigenvalue weighted by atomic mass is 10.1. The molecule has 102 valence electrons. The van der Waals surface area contributed by atoms with Gasteiger partial charge in [0, 0.05) is 5.39 Å². The van der Waals surface area contributed by atoms with Crippen LogP contribution in [0.25, 0.3) is 10.8 Å². The Hall–Kier alpha value is -2.54. The second kappa shape index (κ2) is 4.53. The Labute approximate surface area is 115 Å². The van der Waals surface area contributed by atoms with Crippen LogP contribution in [0.4, 0.5) is 11.5 Å². The number of nitrogens with one attached hydrogen (secondary N) is 2. The molecule has 0 saturated heterocycles. The van der Waals surface area contributed by atoms with Crippen molar-refractivity contribution in [1.29, 1.82) is 0 Å². The molecule has 0 amide bonds. The van der Waals surface area contributed by atoms with Gasteiger partial charge in [-0.1, -0.05) is 36.4 Å². The van der Waals surface area contributed by atoms with Crippen molar-refractivity contribution in [1.82, 2.24) is 10.2 Å². The minimum Gasteiger partial charge on any atom is -0.394 e.